The minimum atomic E-state index is -0.970. The molecule has 0 saturated heterocycles. The lowest BCUT2D eigenvalue weighted by molar-refractivity contribution is -0.136. The Balaban J connectivity index is 1.88. The van der Waals surface area contributed by atoms with Crippen molar-refractivity contribution < 1.29 is 19.5 Å². The van der Waals surface area contributed by atoms with Gasteiger partial charge in [-0.3, -0.25) is 9.59 Å². The molecular weight excluding hydrogens is 274 g/mol. The molecule has 1 fully saturated rings. The van der Waals surface area contributed by atoms with Crippen molar-refractivity contribution in [3.05, 3.63) is 29.8 Å². The highest BCUT2D eigenvalue weighted by molar-refractivity contribution is 5.97. The van der Waals surface area contributed by atoms with Crippen LogP contribution in [0.25, 0.3) is 0 Å². The third-order valence-corrected chi connectivity index (χ3v) is 2.92. The molecule has 1 aliphatic carbocycles. The number of urea groups is 1. The Labute approximate surface area is 121 Å². The Morgan fingerprint density at radius 2 is 2.00 bits per heavy atom. The summed E-state index contributed by atoms with van der Waals surface area (Å²) >= 11 is 0. The summed E-state index contributed by atoms with van der Waals surface area (Å²) < 4.78 is 0. The van der Waals surface area contributed by atoms with Gasteiger partial charge >= 0.3 is 12.0 Å². The first-order chi connectivity index (χ1) is 10.0. The summed E-state index contributed by atoms with van der Waals surface area (Å²) in [7, 11) is 0. The molecule has 0 bridgehead atoms. The Morgan fingerprint density at radius 3 is 2.67 bits per heavy atom. The number of aliphatic carboxylic acids is 1. The van der Waals surface area contributed by atoms with Gasteiger partial charge in [-0.25, -0.2) is 4.79 Å². The number of hydrogen-bond acceptors (Lipinski definition) is 3. The van der Waals surface area contributed by atoms with E-state index >= 15 is 0 Å². The van der Waals surface area contributed by atoms with Gasteiger partial charge in [0.1, 0.15) is 0 Å². The summed E-state index contributed by atoms with van der Waals surface area (Å²) in [4.78, 5) is 33.8. The maximum absolute atomic E-state index is 11.8. The van der Waals surface area contributed by atoms with Crippen LogP contribution in [0.5, 0.6) is 0 Å². The van der Waals surface area contributed by atoms with Crippen molar-refractivity contribution in [1.29, 1.82) is 0 Å². The number of carbonyl (C=O) groups is 3. The van der Waals surface area contributed by atoms with Crippen molar-refractivity contribution in [2.45, 2.75) is 25.3 Å². The summed E-state index contributed by atoms with van der Waals surface area (Å²) in [5.74, 6) is -1.34. The Bertz CT molecular complexity index is 555. The lowest BCUT2D eigenvalue weighted by atomic mass is 10.2. The molecule has 3 amide bonds. The third-order valence-electron chi connectivity index (χ3n) is 2.92. The van der Waals surface area contributed by atoms with E-state index in [4.69, 9.17) is 5.11 Å². The molecule has 4 N–H and O–H groups in total. The van der Waals surface area contributed by atoms with Gasteiger partial charge in [-0.05, 0) is 31.0 Å². The molecule has 0 aliphatic heterocycles. The topological polar surface area (TPSA) is 108 Å². The first-order valence-electron chi connectivity index (χ1n) is 6.72. The second-order valence-electron chi connectivity index (χ2n) is 4.85. The molecule has 0 aromatic heterocycles. The lowest BCUT2D eigenvalue weighted by Crippen LogP contribution is -2.30. The summed E-state index contributed by atoms with van der Waals surface area (Å²) in [6, 6.07) is 6.44. The minimum Gasteiger partial charge on any atom is -0.481 e. The number of carbonyl (C=O) groups excluding carboxylic acids is 2. The van der Waals surface area contributed by atoms with Crippen LogP contribution < -0.4 is 16.0 Å². The fourth-order valence-electron chi connectivity index (χ4n) is 1.70. The van der Waals surface area contributed by atoms with Gasteiger partial charge in [0, 0.05) is 23.8 Å². The number of hydrogen-bond donors (Lipinski definition) is 4. The van der Waals surface area contributed by atoms with Crippen LogP contribution in [0, 0.1) is 0 Å². The molecule has 0 atom stereocenters. The van der Waals surface area contributed by atoms with Gasteiger partial charge < -0.3 is 21.1 Å². The van der Waals surface area contributed by atoms with E-state index in [9.17, 15) is 14.4 Å². The Kier molecular flexibility index (Phi) is 4.76. The van der Waals surface area contributed by atoms with Gasteiger partial charge in [0.15, 0.2) is 0 Å². The fourth-order valence-corrected chi connectivity index (χ4v) is 1.70. The van der Waals surface area contributed by atoms with Crippen molar-refractivity contribution in [2.24, 2.45) is 0 Å². The van der Waals surface area contributed by atoms with Gasteiger partial charge in [-0.1, -0.05) is 6.07 Å². The predicted molar refractivity (Wildman–Crippen MR) is 76.2 cm³/mol. The fraction of sp³-hybridized carbons (Fsp3) is 0.357. The largest absolute Gasteiger partial charge is 0.481 e. The number of benzene rings is 1. The van der Waals surface area contributed by atoms with Crippen molar-refractivity contribution in [3.63, 3.8) is 0 Å². The highest BCUT2D eigenvalue weighted by Gasteiger charge is 2.23. The first kappa shape index (κ1) is 14.8. The van der Waals surface area contributed by atoms with E-state index in [1.807, 2.05) is 0 Å². The molecule has 1 aromatic rings. The number of carboxylic acids is 1. The summed E-state index contributed by atoms with van der Waals surface area (Å²) in [6.45, 7) is 0.0635. The molecule has 21 heavy (non-hydrogen) atoms. The maximum Gasteiger partial charge on any atom is 0.319 e. The molecule has 0 heterocycles. The average molecular weight is 291 g/mol. The smallest absolute Gasteiger partial charge is 0.319 e. The number of nitrogens with one attached hydrogen (secondary N) is 3. The van der Waals surface area contributed by atoms with E-state index in [1.165, 1.54) is 0 Å². The lowest BCUT2D eigenvalue weighted by Gasteiger charge is -2.08. The zero-order valence-corrected chi connectivity index (χ0v) is 11.4. The molecule has 0 spiro atoms. The molecule has 112 valence electrons. The zero-order valence-electron chi connectivity index (χ0n) is 11.4. The highest BCUT2D eigenvalue weighted by Crippen LogP contribution is 2.19. The minimum absolute atomic E-state index is 0.0635. The molecule has 0 radical (unpaired) electrons. The molecular formula is C14H17N3O4. The molecule has 7 heteroatoms. The molecule has 1 aromatic carbocycles. The van der Waals surface area contributed by atoms with Crippen LogP contribution in [-0.2, 0) is 4.79 Å². The van der Waals surface area contributed by atoms with E-state index in [0.717, 1.165) is 12.8 Å². The van der Waals surface area contributed by atoms with Crippen LogP contribution in [0.2, 0.25) is 0 Å². The monoisotopic (exact) mass is 291 g/mol. The van der Waals surface area contributed by atoms with Crippen LogP contribution in [-0.4, -0.2) is 35.6 Å². The second kappa shape index (κ2) is 6.74. The van der Waals surface area contributed by atoms with E-state index in [-0.39, 0.29) is 30.9 Å². The van der Waals surface area contributed by atoms with Gasteiger partial charge in [-0.15, -0.1) is 0 Å². The maximum atomic E-state index is 11.8. The molecule has 1 saturated carbocycles. The van der Waals surface area contributed by atoms with Crippen LogP contribution in [0.3, 0.4) is 0 Å². The number of amides is 3. The molecule has 2 rings (SSSR count). The number of anilines is 1. The van der Waals surface area contributed by atoms with Crippen LogP contribution in [0.15, 0.2) is 24.3 Å². The number of rotatable bonds is 6. The van der Waals surface area contributed by atoms with E-state index in [2.05, 4.69) is 16.0 Å². The summed E-state index contributed by atoms with van der Waals surface area (Å²) in [5, 5.41) is 16.5. The van der Waals surface area contributed by atoms with Crippen molar-refractivity contribution >= 4 is 23.6 Å². The molecule has 1 aliphatic rings. The zero-order chi connectivity index (χ0) is 15.2. The van der Waals surface area contributed by atoms with Crippen molar-refractivity contribution in [3.8, 4) is 0 Å². The first-order valence-corrected chi connectivity index (χ1v) is 6.72. The Morgan fingerprint density at radius 1 is 1.24 bits per heavy atom. The SMILES string of the molecule is O=C(O)CCNC(=O)c1cccc(NC(=O)NC2CC2)c1. The van der Waals surface area contributed by atoms with Crippen LogP contribution >= 0.6 is 0 Å². The van der Waals surface area contributed by atoms with Gasteiger partial charge in [0.2, 0.25) is 0 Å². The van der Waals surface area contributed by atoms with Gasteiger partial charge in [-0.2, -0.15) is 0 Å². The standard InChI is InChI=1S/C14H17N3O4/c18-12(19)6-7-15-13(20)9-2-1-3-11(8-9)17-14(21)16-10-4-5-10/h1-3,8,10H,4-7H2,(H,15,20)(H,18,19)(H2,16,17,21). The van der Waals surface area contributed by atoms with E-state index in [0.29, 0.717) is 11.3 Å². The second-order valence-corrected chi connectivity index (χ2v) is 4.85. The van der Waals surface area contributed by atoms with E-state index < -0.39 is 5.97 Å². The normalized spacial score (nSPS) is 13.3. The van der Waals surface area contributed by atoms with Crippen molar-refractivity contribution in [1.82, 2.24) is 10.6 Å². The van der Waals surface area contributed by atoms with Gasteiger partial charge in [0.05, 0.1) is 6.42 Å². The van der Waals surface area contributed by atoms with Crippen LogP contribution in [0.4, 0.5) is 10.5 Å². The molecule has 0 unspecified atom stereocenters. The highest BCUT2D eigenvalue weighted by atomic mass is 16.4. The summed E-state index contributed by atoms with van der Waals surface area (Å²) in [6.07, 6.45) is 1.87. The number of carboxylic acid groups (broad SMARTS) is 1. The third kappa shape index (κ3) is 5.13. The van der Waals surface area contributed by atoms with Crippen LogP contribution in [0.1, 0.15) is 29.6 Å². The van der Waals surface area contributed by atoms with Gasteiger partial charge in [0.25, 0.3) is 5.91 Å². The quantitative estimate of drug-likeness (QED) is 0.631. The predicted octanol–water partition coefficient (Wildman–Crippen LogP) is 1.18. The summed E-state index contributed by atoms with van der Waals surface area (Å²) in [5.41, 5.74) is 0.878. The Hall–Kier alpha value is -2.57. The average Bonchev–Trinajstić information content (AvgIpc) is 3.22. The molecule has 7 nitrogen and oxygen atoms in total. The van der Waals surface area contributed by atoms with E-state index in [1.54, 1.807) is 24.3 Å². The van der Waals surface area contributed by atoms with Crippen molar-refractivity contribution in [2.75, 3.05) is 11.9 Å².